The van der Waals surface area contributed by atoms with Crippen LogP contribution in [0.5, 0.6) is 5.75 Å². The van der Waals surface area contributed by atoms with E-state index >= 15 is 0 Å². The van der Waals surface area contributed by atoms with E-state index in [0.29, 0.717) is 18.2 Å². The highest BCUT2D eigenvalue weighted by Gasteiger charge is 2.32. The minimum Gasteiger partial charge on any atom is -0.495 e. The monoisotopic (exact) mass is 272 g/mol. The van der Waals surface area contributed by atoms with E-state index in [1.807, 2.05) is 7.05 Å². The van der Waals surface area contributed by atoms with Gasteiger partial charge >= 0.3 is 0 Å². The smallest absolute Gasteiger partial charge is 0.145 e. The Labute approximate surface area is 112 Å². The van der Waals surface area contributed by atoms with Gasteiger partial charge in [0.2, 0.25) is 0 Å². The molecule has 1 saturated heterocycles. The van der Waals surface area contributed by atoms with E-state index in [1.165, 1.54) is 13.2 Å². The number of nitrogens with two attached hydrogens (primary N) is 1. The van der Waals surface area contributed by atoms with Crippen LogP contribution in [0.4, 0.5) is 4.39 Å². The Morgan fingerprint density at radius 1 is 1.56 bits per heavy atom. The van der Waals surface area contributed by atoms with Crippen molar-refractivity contribution in [1.29, 1.82) is 0 Å². The quantitative estimate of drug-likeness (QED) is 0.919. The highest BCUT2D eigenvalue weighted by molar-refractivity contribution is 6.32. The van der Waals surface area contributed by atoms with Crippen LogP contribution in [0.3, 0.4) is 0 Å². The maximum atomic E-state index is 13.4. The van der Waals surface area contributed by atoms with Gasteiger partial charge < -0.3 is 10.5 Å². The van der Waals surface area contributed by atoms with E-state index in [-0.39, 0.29) is 11.1 Å². The first-order valence-corrected chi connectivity index (χ1v) is 6.38. The predicted molar refractivity (Wildman–Crippen MR) is 70.5 cm³/mol. The molecule has 0 spiro atoms. The molecule has 1 aromatic rings. The molecule has 0 amide bonds. The lowest BCUT2D eigenvalue weighted by molar-refractivity contribution is 0.302. The molecule has 1 aromatic carbocycles. The van der Waals surface area contributed by atoms with Gasteiger partial charge in [0.25, 0.3) is 0 Å². The first-order valence-electron chi connectivity index (χ1n) is 6.00. The zero-order chi connectivity index (χ0) is 13.3. The SMILES string of the molecule is COc1c(C2CC(CN)CN2C)ccc(F)c1Cl. The van der Waals surface area contributed by atoms with Crippen molar-refractivity contribution in [3.05, 3.63) is 28.5 Å². The summed E-state index contributed by atoms with van der Waals surface area (Å²) in [5.41, 5.74) is 6.65. The molecule has 5 heteroatoms. The Hall–Kier alpha value is -0.840. The third kappa shape index (κ3) is 2.32. The number of hydrogen-bond donors (Lipinski definition) is 1. The molecule has 0 saturated carbocycles. The summed E-state index contributed by atoms with van der Waals surface area (Å²) in [6.45, 7) is 1.61. The van der Waals surface area contributed by atoms with Crippen LogP contribution in [-0.2, 0) is 0 Å². The molecule has 0 aromatic heterocycles. The maximum Gasteiger partial charge on any atom is 0.145 e. The second-order valence-corrected chi connectivity index (χ2v) is 5.15. The number of methoxy groups -OCH3 is 1. The topological polar surface area (TPSA) is 38.5 Å². The molecule has 0 bridgehead atoms. The van der Waals surface area contributed by atoms with Crippen molar-refractivity contribution in [2.24, 2.45) is 11.7 Å². The Morgan fingerprint density at radius 3 is 2.83 bits per heavy atom. The van der Waals surface area contributed by atoms with Crippen LogP contribution in [0.25, 0.3) is 0 Å². The van der Waals surface area contributed by atoms with Crippen molar-refractivity contribution in [2.75, 3.05) is 27.2 Å². The van der Waals surface area contributed by atoms with E-state index < -0.39 is 5.82 Å². The van der Waals surface area contributed by atoms with Gasteiger partial charge in [0.1, 0.15) is 16.6 Å². The van der Waals surface area contributed by atoms with Crippen LogP contribution in [0.2, 0.25) is 5.02 Å². The molecule has 0 aliphatic carbocycles. The molecule has 1 fully saturated rings. The van der Waals surface area contributed by atoms with Gasteiger partial charge in [-0.05, 0) is 32.0 Å². The molecule has 100 valence electrons. The Balaban J connectivity index is 2.36. The Morgan fingerprint density at radius 2 is 2.28 bits per heavy atom. The van der Waals surface area contributed by atoms with E-state index in [1.54, 1.807) is 6.07 Å². The summed E-state index contributed by atoms with van der Waals surface area (Å²) in [4.78, 5) is 2.21. The molecule has 3 nitrogen and oxygen atoms in total. The van der Waals surface area contributed by atoms with E-state index in [4.69, 9.17) is 22.1 Å². The van der Waals surface area contributed by atoms with Crippen molar-refractivity contribution in [1.82, 2.24) is 4.90 Å². The molecule has 1 aliphatic heterocycles. The summed E-state index contributed by atoms with van der Waals surface area (Å²) in [7, 11) is 3.55. The van der Waals surface area contributed by atoms with Gasteiger partial charge in [-0.15, -0.1) is 0 Å². The zero-order valence-corrected chi connectivity index (χ0v) is 11.4. The molecule has 2 rings (SSSR count). The molecular formula is C13H18ClFN2O. The number of likely N-dealkylation sites (tertiary alicyclic amines) is 1. The number of rotatable bonds is 3. The highest BCUT2D eigenvalue weighted by atomic mass is 35.5. The summed E-state index contributed by atoms with van der Waals surface area (Å²) < 4.78 is 18.7. The van der Waals surface area contributed by atoms with Gasteiger partial charge in [0.05, 0.1) is 7.11 Å². The lowest BCUT2D eigenvalue weighted by atomic mass is 9.99. The number of halogens is 2. The van der Waals surface area contributed by atoms with Gasteiger partial charge in [-0.1, -0.05) is 17.7 Å². The third-order valence-corrected chi connectivity index (χ3v) is 3.96. The zero-order valence-electron chi connectivity index (χ0n) is 10.6. The predicted octanol–water partition coefficient (Wildman–Crippen LogP) is 2.44. The lowest BCUT2D eigenvalue weighted by Crippen LogP contribution is -2.21. The average molecular weight is 273 g/mol. The van der Waals surface area contributed by atoms with Crippen LogP contribution < -0.4 is 10.5 Å². The van der Waals surface area contributed by atoms with E-state index in [0.717, 1.165) is 18.5 Å². The summed E-state index contributed by atoms with van der Waals surface area (Å²) in [6, 6.07) is 3.33. The van der Waals surface area contributed by atoms with E-state index in [2.05, 4.69) is 4.90 Å². The minimum atomic E-state index is -0.451. The molecule has 18 heavy (non-hydrogen) atoms. The van der Waals surface area contributed by atoms with Crippen molar-refractivity contribution < 1.29 is 9.13 Å². The normalized spacial score (nSPS) is 24.5. The van der Waals surface area contributed by atoms with Crippen LogP contribution in [-0.4, -0.2) is 32.1 Å². The third-order valence-electron chi connectivity index (χ3n) is 3.61. The molecule has 1 heterocycles. The second kappa shape index (κ2) is 5.43. The number of nitrogens with zero attached hydrogens (tertiary/aromatic N) is 1. The summed E-state index contributed by atoms with van der Waals surface area (Å²) in [6.07, 6.45) is 0.950. The first-order chi connectivity index (χ1) is 8.58. The number of benzene rings is 1. The molecule has 0 radical (unpaired) electrons. The molecule has 1 aliphatic rings. The number of hydrogen-bond acceptors (Lipinski definition) is 3. The van der Waals surface area contributed by atoms with Gasteiger partial charge in [-0.3, -0.25) is 4.90 Å². The summed E-state index contributed by atoms with van der Waals surface area (Å²) >= 11 is 5.95. The highest BCUT2D eigenvalue weighted by Crippen LogP contribution is 2.41. The van der Waals surface area contributed by atoms with Gasteiger partial charge in [-0.25, -0.2) is 4.39 Å². The maximum absolute atomic E-state index is 13.4. The summed E-state index contributed by atoms with van der Waals surface area (Å²) in [5.74, 6) is 0.452. The first kappa shape index (κ1) is 13.6. The summed E-state index contributed by atoms with van der Waals surface area (Å²) in [5, 5.41) is 0.0552. The molecule has 2 N–H and O–H groups in total. The largest absolute Gasteiger partial charge is 0.495 e. The van der Waals surface area contributed by atoms with Crippen molar-refractivity contribution in [2.45, 2.75) is 12.5 Å². The fourth-order valence-corrected chi connectivity index (χ4v) is 2.91. The van der Waals surface area contributed by atoms with Gasteiger partial charge in [0, 0.05) is 18.2 Å². The van der Waals surface area contributed by atoms with Gasteiger partial charge in [-0.2, -0.15) is 0 Å². The fourth-order valence-electron chi connectivity index (χ4n) is 2.66. The minimum absolute atomic E-state index is 0.0552. The van der Waals surface area contributed by atoms with Crippen LogP contribution in [0.15, 0.2) is 12.1 Å². The van der Waals surface area contributed by atoms with Crippen LogP contribution in [0, 0.1) is 11.7 Å². The molecule has 2 unspecified atom stereocenters. The average Bonchev–Trinajstić information content (AvgIpc) is 2.74. The number of ether oxygens (including phenoxy) is 1. The van der Waals surface area contributed by atoms with Crippen molar-refractivity contribution in [3.63, 3.8) is 0 Å². The molecule has 2 atom stereocenters. The van der Waals surface area contributed by atoms with Crippen LogP contribution >= 0.6 is 11.6 Å². The molecular weight excluding hydrogens is 255 g/mol. The van der Waals surface area contributed by atoms with Crippen molar-refractivity contribution in [3.8, 4) is 5.75 Å². The van der Waals surface area contributed by atoms with Gasteiger partial charge in [0.15, 0.2) is 0 Å². The van der Waals surface area contributed by atoms with Crippen molar-refractivity contribution >= 4 is 11.6 Å². The van der Waals surface area contributed by atoms with E-state index in [9.17, 15) is 4.39 Å². The lowest BCUT2D eigenvalue weighted by Gasteiger charge is -2.22. The Kier molecular flexibility index (Phi) is 4.10. The van der Waals surface area contributed by atoms with Crippen LogP contribution in [0.1, 0.15) is 18.0 Å². The standard InChI is InChI=1S/C13H18ClFN2O/c1-17-7-8(6-16)5-11(17)9-3-4-10(15)12(14)13(9)18-2/h3-4,8,11H,5-7,16H2,1-2H3. The second-order valence-electron chi connectivity index (χ2n) is 4.78. The fraction of sp³-hybridized carbons (Fsp3) is 0.538. The Bertz CT molecular complexity index is 441.